The number of ether oxygens (including phenoxy) is 3. The number of carbonyl (C=O) groups is 2. The molecule has 1 fully saturated rings. The normalized spacial score (nSPS) is 19.4. The van der Waals surface area contributed by atoms with Crippen LogP contribution in [0, 0.1) is 11.3 Å². The van der Waals surface area contributed by atoms with Gasteiger partial charge in [-0.1, -0.05) is 13.3 Å². The molecule has 1 rings (SSSR count). The van der Waals surface area contributed by atoms with Gasteiger partial charge in [0.05, 0.1) is 19.8 Å². The van der Waals surface area contributed by atoms with Crippen molar-refractivity contribution in [3.8, 4) is 0 Å². The third-order valence-corrected chi connectivity index (χ3v) is 3.78. The zero-order valence-corrected chi connectivity index (χ0v) is 12.8. The Labute approximate surface area is 121 Å². The lowest BCUT2D eigenvalue weighted by molar-refractivity contribution is -0.182. The van der Waals surface area contributed by atoms with E-state index in [9.17, 15) is 9.59 Å². The standard InChI is InChI=1S/C15H26O5/c1-4-9-15(13(16)19-5-2,14(17)20-6-3)12-8-7-10-18-11-12/h12H,4-11H2,1-3H3. The topological polar surface area (TPSA) is 61.8 Å². The molecule has 0 spiro atoms. The Morgan fingerprint density at radius 3 is 2.15 bits per heavy atom. The highest BCUT2D eigenvalue weighted by atomic mass is 16.6. The second-order valence-electron chi connectivity index (χ2n) is 5.08. The fourth-order valence-electron chi connectivity index (χ4n) is 2.87. The van der Waals surface area contributed by atoms with Gasteiger partial charge in [-0.15, -0.1) is 0 Å². The molecule has 20 heavy (non-hydrogen) atoms. The highest BCUT2D eigenvalue weighted by molar-refractivity contribution is 6.00. The first-order chi connectivity index (χ1) is 9.63. The molecule has 1 unspecified atom stereocenters. The molecule has 0 radical (unpaired) electrons. The van der Waals surface area contributed by atoms with E-state index in [1.165, 1.54) is 0 Å². The maximum atomic E-state index is 12.5. The summed E-state index contributed by atoms with van der Waals surface area (Å²) < 4.78 is 15.8. The number of hydrogen-bond donors (Lipinski definition) is 0. The summed E-state index contributed by atoms with van der Waals surface area (Å²) >= 11 is 0. The van der Waals surface area contributed by atoms with Crippen LogP contribution in [0.15, 0.2) is 0 Å². The molecule has 0 aromatic heterocycles. The minimum Gasteiger partial charge on any atom is -0.465 e. The summed E-state index contributed by atoms with van der Waals surface area (Å²) in [6.07, 6.45) is 2.80. The zero-order valence-electron chi connectivity index (χ0n) is 12.8. The van der Waals surface area contributed by atoms with Gasteiger partial charge in [0.25, 0.3) is 0 Å². The first kappa shape index (κ1) is 17.0. The Morgan fingerprint density at radius 2 is 1.75 bits per heavy atom. The Hall–Kier alpha value is -1.10. The lowest BCUT2D eigenvalue weighted by Crippen LogP contribution is -2.50. The van der Waals surface area contributed by atoms with Crippen molar-refractivity contribution in [2.45, 2.75) is 46.5 Å². The van der Waals surface area contributed by atoms with Crippen LogP contribution >= 0.6 is 0 Å². The van der Waals surface area contributed by atoms with E-state index in [-0.39, 0.29) is 19.1 Å². The molecule has 0 saturated carbocycles. The largest absolute Gasteiger partial charge is 0.465 e. The first-order valence-electron chi connectivity index (χ1n) is 7.55. The third kappa shape index (κ3) is 3.51. The molecule has 1 aliphatic heterocycles. The highest BCUT2D eigenvalue weighted by Gasteiger charge is 2.54. The quantitative estimate of drug-likeness (QED) is 0.531. The van der Waals surface area contributed by atoms with Crippen LogP contribution in [0.25, 0.3) is 0 Å². The molecule has 1 aliphatic rings. The second-order valence-corrected chi connectivity index (χ2v) is 5.08. The van der Waals surface area contributed by atoms with E-state index < -0.39 is 17.4 Å². The van der Waals surface area contributed by atoms with Gasteiger partial charge in [0.2, 0.25) is 0 Å². The van der Waals surface area contributed by atoms with Crippen LogP contribution in [0.2, 0.25) is 0 Å². The summed E-state index contributed by atoms with van der Waals surface area (Å²) in [6.45, 7) is 7.07. The van der Waals surface area contributed by atoms with Gasteiger partial charge >= 0.3 is 11.9 Å². The summed E-state index contributed by atoms with van der Waals surface area (Å²) in [5, 5.41) is 0. The molecule has 0 aromatic rings. The molecular formula is C15H26O5. The number of carbonyl (C=O) groups excluding carboxylic acids is 2. The highest BCUT2D eigenvalue weighted by Crippen LogP contribution is 2.40. The predicted molar refractivity (Wildman–Crippen MR) is 74.2 cm³/mol. The number of hydrogen-bond acceptors (Lipinski definition) is 5. The third-order valence-electron chi connectivity index (χ3n) is 3.78. The fourth-order valence-corrected chi connectivity index (χ4v) is 2.87. The van der Waals surface area contributed by atoms with Crippen molar-refractivity contribution in [2.75, 3.05) is 26.4 Å². The van der Waals surface area contributed by atoms with Crippen LogP contribution in [-0.4, -0.2) is 38.4 Å². The van der Waals surface area contributed by atoms with Crippen molar-refractivity contribution in [1.29, 1.82) is 0 Å². The monoisotopic (exact) mass is 286 g/mol. The minimum absolute atomic E-state index is 0.158. The van der Waals surface area contributed by atoms with Gasteiger partial charge in [-0.05, 0) is 33.1 Å². The van der Waals surface area contributed by atoms with E-state index in [4.69, 9.17) is 14.2 Å². The summed E-state index contributed by atoms with van der Waals surface area (Å²) in [5.41, 5.74) is -1.21. The lowest BCUT2D eigenvalue weighted by Gasteiger charge is -2.38. The van der Waals surface area contributed by atoms with E-state index in [1.54, 1.807) is 13.8 Å². The first-order valence-corrected chi connectivity index (χ1v) is 7.55. The van der Waals surface area contributed by atoms with E-state index in [0.29, 0.717) is 26.1 Å². The molecule has 0 aliphatic carbocycles. The average Bonchev–Trinajstić information content (AvgIpc) is 2.46. The maximum Gasteiger partial charge on any atom is 0.323 e. The number of rotatable bonds is 7. The average molecular weight is 286 g/mol. The van der Waals surface area contributed by atoms with E-state index in [2.05, 4.69) is 0 Å². The van der Waals surface area contributed by atoms with Crippen molar-refractivity contribution in [3.63, 3.8) is 0 Å². The summed E-state index contributed by atoms with van der Waals surface area (Å²) in [6, 6.07) is 0. The van der Waals surface area contributed by atoms with Gasteiger partial charge in [-0.3, -0.25) is 9.59 Å². The molecule has 5 nitrogen and oxygen atoms in total. The predicted octanol–water partition coefficient (Wildman–Crippen LogP) is 2.33. The molecule has 1 atom stereocenters. The minimum atomic E-state index is -1.21. The Kier molecular flexibility index (Phi) is 6.99. The van der Waals surface area contributed by atoms with E-state index in [0.717, 1.165) is 12.8 Å². The Bertz CT molecular complexity index is 302. The van der Waals surface area contributed by atoms with Gasteiger partial charge < -0.3 is 14.2 Å². The fraction of sp³-hybridized carbons (Fsp3) is 0.867. The van der Waals surface area contributed by atoms with Crippen LogP contribution in [0.4, 0.5) is 0 Å². The van der Waals surface area contributed by atoms with Gasteiger partial charge in [0, 0.05) is 12.5 Å². The lowest BCUT2D eigenvalue weighted by atomic mass is 9.70. The van der Waals surface area contributed by atoms with Crippen LogP contribution in [0.5, 0.6) is 0 Å². The summed E-state index contributed by atoms with van der Waals surface area (Å²) in [7, 11) is 0. The molecule has 0 bridgehead atoms. The second kappa shape index (κ2) is 8.25. The number of esters is 2. The van der Waals surface area contributed by atoms with Crippen molar-refractivity contribution in [1.82, 2.24) is 0 Å². The molecule has 116 valence electrons. The molecule has 5 heteroatoms. The van der Waals surface area contributed by atoms with E-state index >= 15 is 0 Å². The van der Waals surface area contributed by atoms with Crippen molar-refractivity contribution in [3.05, 3.63) is 0 Å². The van der Waals surface area contributed by atoms with E-state index in [1.807, 2.05) is 6.92 Å². The Balaban J connectivity index is 3.09. The molecule has 1 saturated heterocycles. The van der Waals surface area contributed by atoms with Gasteiger partial charge in [-0.2, -0.15) is 0 Å². The van der Waals surface area contributed by atoms with Crippen LogP contribution in [0.3, 0.4) is 0 Å². The SMILES string of the molecule is CCCC(C(=O)OCC)(C(=O)OCC)C1CCCOC1. The van der Waals surface area contributed by atoms with Crippen molar-refractivity contribution >= 4 is 11.9 Å². The van der Waals surface area contributed by atoms with Crippen LogP contribution in [-0.2, 0) is 23.8 Å². The van der Waals surface area contributed by atoms with Crippen molar-refractivity contribution < 1.29 is 23.8 Å². The van der Waals surface area contributed by atoms with Crippen LogP contribution < -0.4 is 0 Å². The van der Waals surface area contributed by atoms with Gasteiger partial charge in [-0.25, -0.2) is 0 Å². The van der Waals surface area contributed by atoms with Crippen LogP contribution in [0.1, 0.15) is 46.5 Å². The Morgan fingerprint density at radius 1 is 1.15 bits per heavy atom. The van der Waals surface area contributed by atoms with Gasteiger partial charge in [0.15, 0.2) is 5.41 Å². The summed E-state index contributed by atoms with van der Waals surface area (Å²) in [5.74, 6) is -1.08. The molecule has 1 heterocycles. The molecule has 0 aromatic carbocycles. The summed E-state index contributed by atoms with van der Waals surface area (Å²) in [4.78, 5) is 25.0. The molecular weight excluding hydrogens is 260 g/mol. The smallest absolute Gasteiger partial charge is 0.323 e. The van der Waals surface area contributed by atoms with Crippen molar-refractivity contribution in [2.24, 2.45) is 11.3 Å². The zero-order chi connectivity index (χ0) is 15.0. The molecule has 0 amide bonds. The van der Waals surface area contributed by atoms with Gasteiger partial charge in [0.1, 0.15) is 0 Å². The molecule has 0 N–H and O–H groups in total. The maximum absolute atomic E-state index is 12.5.